The Bertz CT molecular complexity index is 1230. The summed E-state index contributed by atoms with van der Waals surface area (Å²) in [5.41, 5.74) is 0. The van der Waals surface area contributed by atoms with Crippen LogP contribution in [0.5, 0.6) is 0 Å². The first-order chi connectivity index (χ1) is 35.0. The molecule has 0 saturated carbocycles. The standard InChI is InChI=1S/C65H118O6/c1-4-7-10-13-16-19-22-24-26-28-29-30-31-32-33-34-35-36-37-38-40-41-43-46-49-52-55-58-64(67)70-61-62(60-69-63(66)57-54-51-48-45-21-18-15-12-9-6-3)71-65(68)59-56-53-50-47-44-42-39-27-25-23-20-17-14-11-8-5-2/h12,15,22,24,28-29,31-32,62H,4-11,13-14,16-21,23,25-27,30,33-61H2,1-3H3/b15-12-,24-22-,29-28-,32-31-. The predicted molar refractivity (Wildman–Crippen MR) is 307 cm³/mol. The largest absolute Gasteiger partial charge is 0.462 e. The van der Waals surface area contributed by atoms with Gasteiger partial charge in [0.1, 0.15) is 13.2 Å². The quantitative estimate of drug-likeness (QED) is 0.0261. The second-order valence-electron chi connectivity index (χ2n) is 21.0. The normalized spacial score (nSPS) is 12.3. The van der Waals surface area contributed by atoms with Crippen LogP contribution >= 0.6 is 0 Å². The number of carbonyl (C=O) groups is 3. The molecule has 0 aliphatic rings. The van der Waals surface area contributed by atoms with Gasteiger partial charge in [-0.05, 0) is 77.0 Å². The van der Waals surface area contributed by atoms with E-state index in [-0.39, 0.29) is 31.1 Å². The van der Waals surface area contributed by atoms with Gasteiger partial charge in [-0.1, -0.05) is 281 Å². The lowest BCUT2D eigenvalue weighted by Gasteiger charge is -2.18. The summed E-state index contributed by atoms with van der Waals surface area (Å²) in [6, 6.07) is 0. The molecule has 0 saturated heterocycles. The van der Waals surface area contributed by atoms with Gasteiger partial charge >= 0.3 is 17.9 Å². The van der Waals surface area contributed by atoms with E-state index in [2.05, 4.69) is 69.4 Å². The van der Waals surface area contributed by atoms with Gasteiger partial charge in [0.15, 0.2) is 6.10 Å². The molecule has 0 fully saturated rings. The Labute approximate surface area is 441 Å². The van der Waals surface area contributed by atoms with E-state index < -0.39 is 6.10 Å². The van der Waals surface area contributed by atoms with Crippen LogP contribution in [-0.4, -0.2) is 37.2 Å². The van der Waals surface area contributed by atoms with Crippen LogP contribution in [0, 0.1) is 0 Å². The Morgan fingerprint density at radius 1 is 0.282 bits per heavy atom. The van der Waals surface area contributed by atoms with E-state index in [4.69, 9.17) is 14.2 Å². The third-order valence-electron chi connectivity index (χ3n) is 13.8. The van der Waals surface area contributed by atoms with Gasteiger partial charge in [-0.25, -0.2) is 0 Å². The first-order valence-electron chi connectivity index (χ1n) is 31.1. The number of hydrogen-bond acceptors (Lipinski definition) is 6. The molecule has 0 heterocycles. The van der Waals surface area contributed by atoms with Gasteiger partial charge in [0.25, 0.3) is 0 Å². The maximum absolute atomic E-state index is 12.9. The van der Waals surface area contributed by atoms with Crippen LogP contribution in [0.25, 0.3) is 0 Å². The number of allylic oxidation sites excluding steroid dienone is 8. The molecular weight excluding hydrogens is 877 g/mol. The lowest BCUT2D eigenvalue weighted by Crippen LogP contribution is -2.30. The fourth-order valence-corrected chi connectivity index (χ4v) is 9.10. The molecule has 0 aliphatic heterocycles. The Morgan fingerprint density at radius 2 is 0.535 bits per heavy atom. The molecular formula is C65H118O6. The van der Waals surface area contributed by atoms with E-state index in [1.54, 1.807) is 0 Å². The highest BCUT2D eigenvalue weighted by atomic mass is 16.6. The van der Waals surface area contributed by atoms with Crippen molar-refractivity contribution in [2.45, 2.75) is 335 Å². The molecule has 0 N–H and O–H groups in total. The number of unbranched alkanes of at least 4 members (excludes halogenated alkanes) is 38. The third kappa shape index (κ3) is 58.1. The van der Waals surface area contributed by atoms with Gasteiger partial charge in [-0.15, -0.1) is 0 Å². The number of carbonyl (C=O) groups excluding carboxylic acids is 3. The van der Waals surface area contributed by atoms with Crippen LogP contribution in [0.1, 0.15) is 329 Å². The van der Waals surface area contributed by atoms with Crippen molar-refractivity contribution < 1.29 is 28.6 Å². The molecule has 1 unspecified atom stereocenters. The summed E-state index contributed by atoms with van der Waals surface area (Å²) < 4.78 is 16.9. The van der Waals surface area contributed by atoms with Crippen molar-refractivity contribution in [3.05, 3.63) is 48.6 Å². The van der Waals surface area contributed by atoms with E-state index in [1.165, 1.54) is 205 Å². The topological polar surface area (TPSA) is 78.9 Å². The van der Waals surface area contributed by atoms with Gasteiger partial charge in [-0.3, -0.25) is 14.4 Å². The minimum atomic E-state index is -0.774. The maximum atomic E-state index is 12.9. The summed E-state index contributed by atoms with van der Waals surface area (Å²) in [6.07, 6.45) is 74.1. The van der Waals surface area contributed by atoms with Crippen LogP contribution in [0.2, 0.25) is 0 Å². The Balaban J connectivity index is 4.18. The SMILES string of the molecule is CCC/C=C\CCCCCCCC(=O)OCC(COC(=O)CCCCCCCCCCCCCC/C=C\C/C=C\C/C=C\CCCCCCC)OC(=O)CCCCCCCCCCCCCCCCCC. The molecule has 0 radical (unpaired) electrons. The van der Waals surface area contributed by atoms with E-state index in [9.17, 15) is 14.4 Å². The van der Waals surface area contributed by atoms with Crippen molar-refractivity contribution in [1.82, 2.24) is 0 Å². The fraction of sp³-hybridized carbons (Fsp3) is 0.831. The molecule has 6 nitrogen and oxygen atoms in total. The molecule has 0 aromatic rings. The first-order valence-corrected chi connectivity index (χ1v) is 31.1. The van der Waals surface area contributed by atoms with Crippen LogP contribution in [0.4, 0.5) is 0 Å². The second kappa shape index (κ2) is 59.9. The molecule has 414 valence electrons. The predicted octanol–water partition coefficient (Wildman–Crippen LogP) is 21.0. The number of ether oxygens (including phenoxy) is 3. The fourth-order valence-electron chi connectivity index (χ4n) is 9.10. The molecule has 6 heteroatoms. The summed E-state index contributed by atoms with van der Waals surface area (Å²) in [7, 11) is 0. The maximum Gasteiger partial charge on any atom is 0.306 e. The zero-order valence-corrected chi connectivity index (χ0v) is 47.5. The minimum Gasteiger partial charge on any atom is -0.462 e. The summed E-state index contributed by atoms with van der Waals surface area (Å²) in [5, 5.41) is 0. The molecule has 0 aromatic carbocycles. The van der Waals surface area contributed by atoms with E-state index in [0.29, 0.717) is 19.3 Å². The second-order valence-corrected chi connectivity index (χ2v) is 21.0. The zero-order chi connectivity index (χ0) is 51.4. The van der Waals surface area contributed by atoms with Crippen molar-refractivity contribution in [2.24, 2.45) is 0 Å². The lowest BCUT2D eigenvalue weighted by molar-refractivity contribution is -0.167. The molecule has 0 aromatic heterocycles. The van der Waals surface area contributed by atoms with Gasteiger partial charge in [0.2, 0.25) is 0 Å². The minimum absolute atomic E-state index is 0.0732. The summed E-state index contributed by atoms with van der Waals surface area (Å²) in [5.74, 6) is -0.869. The Kier molecular flexibility index (Phi) is 57.7. The van der Waals surface area contributed by atoms with Gasteiger partial charge in [0, 0.05) is 19.3 Å². The summed E-state index contributed by atoms with van der Waals surface area (Å²) >= 11 is 0. The molecule has 0 amide bonds. The molecule has 0 rings (SSSR count). The van der Waals surface area contributed by atoms with E-state index in [0.717, 1.165) is 83.5 Å². The summed E-state index contributed by atoms with van der Waals surface area (Å²) in [4.78, 5) is 38.1. The van der Waals surface area contributed by atoms with E-state index in [1.807, 2.05) is 0 Å². The van der Waals surface area contributed by atoms with Crippen LogP contribution < -0.4 is 0 Å². The third-order valence-corrected chi connectivity index (χ3v) is 13.8. The molecule has 1 atom stereocenters. The van der Waals surface area contributed by atoms with Crippen molar-refractivity contribution in [1.29, 1.82) is 0 Å². The van der Waals surface area contributed by atoms with Crippen molar-refractivity contribution in [3.63, 3.8) is 0 Å². The molecule has 71 heavy (non-hydrogen) atoms. The van der Waals surface area contributed by atoms with Gasteiger partial charge in [-0.2, -0.15) is 0 Å². The number of rotatable bonds is 57. The monoisotopic (exact) mass is 995 g/mol. The van der Waals surface area contributed by atoms with Crippen LogP contribution in [-0.2, 0) is 28.6 Å². The summed E-state index contributed by atoms with van der Waals surface area (Å²) in [6.45, 7) is 6.60. The average Bonchev–Trinajstić information content (AvgIpc) is 3.37. The van der Waals surface area contributed by atoms with Crippen molar-refractivity contribution in [3.8, 4) is 0 Å². The van der Waals surface area contributed by atoms with E-state index >= 15 is 0 Å². The van der Waals surface area contributed by atoms with Gasteiger partial charge in [0.05, 0.1) is 0 Å². The smallest absolute Gasteiger partial charge is 0.306 e. The highest BCUT2D eigenvalue weighted by molar-refractivity contribution is 5.71. The highest BCUT2D eigenvalue weighted by Crippen LogP contribution is 2.17. The average molecular weight is 996 g/mol. The van der Waals surface area contributed by atoms with Crippen molar-refractivity contribution >= 4 is 17.9 Å². The van der Waals surface area contributed by atoms with Gasteiger partial charge < -0.3 is 14.2 Å². The van der Waals surface area contributed by atoms with Crippen molar-refractivity contribution in [2.75, 3.05) is 13.2 Å². The molecule has 0 bridgehead atoms. The molecule has 0 spiro atoms. The highest BCUT2D eigenvalue weighted by Gasteiger charge is 2.19. The number of hydrogen-bond donors (Lipinski definition) is 0. The molecule has 0 aliphatic carbocycles. The zero-order valence-electron chi connectivity index (χ0n) is 47.5. The van der Waals surface area contributed by atoms with Crippen LogP contribution in [0.15, 0.2) is 48.6 Å². The Morgan fingerprint density at radius 3 is 0.859 bits per heavy atom. The Hall–Kier alpha value is -2.63. The lowest BCUT2D eigenvalue weighted by atomic mass is 10.0. The number of esters is 3. The van der Waals surface area contributed by atoms with Crippen LogP contribution in [0.3, 0.4) is 0 Å². The first kappa shape index (κ1) is 68.4.